The summed E-state index contributed by atoms with van der Waals surface area (Å²) in [6, 6.07) is 12.5. The number of hydrogen-bond acceptors (Lipinski definition) is 5. The van der Waals surface area contributed by atoms with E-state index >= 15 is 0 Å². The highest BCUT2D eigenvalue weighted by Crippen LogP contribution is 2.24. The second-order valence-electron chi connectivity index (χ2n) is 7.74. The Balaban J connectivity index is 1.48. The van der Waals surface area contributed by atoms with Crippen molar-refractivity contribution in [3.05, 3.63) is 65.0 Å². The lowest BCUT2D eigenvalue weighted by molar-refractivity contribution is -0.119. The summed E-state index contributed by atoms with van der Waals surface area (Å²) in [5.74, 6) is 0.673. The van der Waals surface area contributed by atoms with Gasteiger partial charge in [0.05, 0.1) is 0 Å². The van der Waals surface area contributed by atoms with Gasteiger partial charge in [-0.05, 0) is 62.1 Å². The molecule has 0 saturated carbocycles. The normalized spacial score (nSPS) is 16.0. The molecule has 1 atom stereocenters. The number of benzene rings is 2. The molecule has 1 aliphatic rings. The second-order valence-corrected chi connectivity index (χ2v) is 7.74. The van der Waals surface area contributed by atoms with E-state index in [-0.39, 0.29) is 11.8 Å². The summed E-state index contributed by atoms with van der Waals surface area (Å²) in [6.45, 7) is 6.28. The number of likely N-dealkylation sites (tertiary alicyclic amines) is 1. The standard InChI is InChI=1S/C23H24N4O3/c1-14-11-15(2)13-19(12-14)25-22(28)20-5-4-10-27(20)23(29)18-8-6-17(7-9-18)21-24-16(3)30-26-21/h6-9,11-13,20H,4-5,10H2,1-3H3,(H,25,28)/t20-/m0/s1. The molecule has 1 saturated heterocycles. The third-order valence-corrected chi connectivity index (χ3v) is 5.22. The maximum Gasteiger partial charge on any atom is 0.254 e. The number of amides is 2. The van der Waals surface area contributed by atoms with Crippen molar-refractivity contribution in [1.82, 2.24) is 15.0 Å². The fourth-order valence-corrected chi connectivity index (χ4v) is 3.90. The van der Waals surface area contributed by atoms with Gasteiger partial charge in [0.25, 0.3) is 5.91 Å². The predicted molar refractivity (Wildman–Crippen MR) is 113 cm³/mol. The molecule has 2 amide bonds. The molecule has 2 heterocycles. The van der Waals surface area contributed by atoms with Crippen LogP contribution in [0.5, 0.6) is 0 Å². The highest BCUT2D eigenvalue weighted by molar-refractivity contribution is 6.01. The van der Waals surface area contributed by atoms with Crippen LogP contribution in [0.1, 0.15) is 40.2 Å². The van der Waals surface area contributed by atoms with E-state index in [0.29, 0.717) is 30.2 Å². The third-order valence-electron chi connectivity index (χ3n) is 5.22. The number of rotatable bonds is 4. The van der Waals surface area contributed by atoms with Crippen molar-refractivity contribution in [2.45, 2.75) is 39.7 Å². The zero-order valence-electron chi connectivity index (χ0n) is 17.3. The monoisotopic (exact) mass is 404 g/mol. The molecule has 3 aromatic rings. The molecule has 154 valence electrons. The van der Waals surface area contributed by atoms with E-state index in [2.05, 4.69) is 21.5 Å². The number of carbonyl (C=O) groups is 2. The van der Waals surface area contributed by atoms with Crippen molar-refractivity contribution in [2.75, 3.05) is 11.9 Å². The maximum atomic E-state index is 13.1. The summed E-state index contributed by atoms with van der Waals surface area (Å²) in [5, 5.41) is 6.87. The van der Waals surface area contributed by atoms with Crippen LogP contribution in [0.25, 0.3) is 11.4 Å². The molecule has 30 heavy (non-hydrogen) atoms. The smallest absolute Gasteiger partial charge is 0.254 e. The van der Waals surface area contributed by atoms with Gasteiger partial charge in [0.2, 0.25) is 17.6 Å². The van der Waals surface area contributed by atoms with Crippen molar-refractivity contribution in [3.8, 4) is 11.4 Å². The van der Waals surface area contributed by atoms with Gasteiger partial charge in [-0.15, -0.1) is 0 Å². The number of aromatic nitrogens is 2. The highest BCUT2D eigenvalue weighted by atomic mass is 16.5. The zero-order valence-corrected chi connectivity index (χ0v) is 17.3. The molecule has 0 spiro atoms. The molecule has 1 aromatic heterocycles. The second kappa shape index (κ2) is 8.10. The number of nitrogens with zero attached hydrogens (tertiary/aromatic N) is 3. The van der Waals surface area contributed by atoms with Gasteiger partial charge in [0.1, 0.15) is 6.04 Å². The Bertz CT molecular complexity index is 1070. The fourth-order valence-electron chi connectivity index (χ4n) is 3.90. The van der Waals surface area contributed by atoms with E-state index in [9.17, 15) is 9.59 Å². The fraction of sp³-hybridized carbons (Fsp3) is 0.304. The Morgan fingerprint density at radius 1 is 1.07 bits per heavy atom. The highest BCUT2D eigenvalue weighted by Gasteiger charge is 2.34. The lowest BCUT2D eigenvalue weighted by Crippen LogP contribution is -2.43. The van der Waals surface area contributed by atoms with Gasteiger partial charge >= 0.3 is 0 Å². The Morgan fingerprint density at radius 3 is 2.40 bits per heavy atom. The van der Waals surface area contributed by atoms with Gasteiger partial charge < -0.3 is 14.7 Å². The van der Waals surface area contributed by atoms with Crippen molar-refractivity contribution >= 4 is 17.5 Å². The number of hydrogen-bond donors (Lipinski definition) is 1. The summed E-state index contributed by atoms with van der Waals surface area (Å²) in [7, 11) is 0. The molecule has 2 aromatic carbocycles. The van der Waals surface area contributed by atoms with Crippen LogP contribution in [0, 0.1) is 20.8 Å². The SMILES string of the molecule is Cc1cc(C)cc(NC(=O)[C@@H]2CCCN2C(=O)c2ccc(-c3noc(C)n3)cc2)c1. The average molecular weight is 404 g/mol. The van der Waals surface area contributed by atoms with Gasteiger partial charge in [0, 0.05) is 30.3 Å². The van der Waals surface area contributed by atoms with E-state index in [1.165, 1.54) is 0 Å². The molecular formula is C23H24N4O3. The quantitative estimate of drug-likeness (QED) is 0.712. The van der Waals surface area contributed by atoms with Crippen molar-refractivity contribution < 1.29 is 14.1 Å². The van der Waals surface area contributed by atoms with Crippen molar-refractivity contribution in [1.29, 1.82) is 0 Å². The number of carbonyl (C=O) groups excluding carboxylic acids is 2. The molecule has 0 bridgehead atoms. The van der Waals surface area contributed by atoms with E-state index < -0.39 is 6.04 Å². The summed E-state index contributed by atoms with van der Waals surface area (Å²) >= 11 is 0. The van der Waals surface area contributed by atoms with Crippen LogP contribution in [0.2, 0.25) is 0 Å². The first-order chi connectivity index (χ1) is 14.4. The van der Waals surface area contributed by atoms with E-state index in [4.69, 9.17) is 4.52 Å². The van der Waals surface area contributed by atoms with Crippen LogP contribution in [0.15, 0.2) is 47.0 Å². The predicted octanol–water partition coefficient (Wildman–Crippen LogP) is 3.91. The maximum absolute atomic E-state index is 13.1. The average Bonchev–Trinajstić information content (AvgIpc) is 3.36. The van der Waals surface area contributed by atoms with E-state index in [0.717, 1.165) is 28.8 Å². The van der Waals surface area contributed by atoms with Gasteiger partial charge in [-0.2, -0.15) is 4.98 Å². The minimum Gasteiger partial charge on any atom is -0.339 e. The zero-order chi connectivity index (χ0) is 21.3. The Morgan fingerprint density at radius 2 is 1.77 bits per heavy atom. The Hall–Kier alpha value is -3.48. The van der Waals surface area contributed by atoms with Gasteiger partial charge in [0.15, 0.2) is 0 Å². The van der Waals surface area contributed by atoms with Crippen molar-refractivity contribution in [3.63, 3.8) is 0 Å². The molecule has 7 nitrogen and oxygen atoms in total. The summed E-state index contributed by atoms with van der Waals surface area (Å²) in [5.41, 5.74) is 4.23. The largest absolute Gasteiger partial charge is 0.339 e. The van der Waals surface area contributed by atoms with Crippen molar-refractivity contribution in [2.24, 2.45) is 0 Å². The molecule has 4 rings (SSSR count). The first-order valence-corrected chi connectivity index (χ1v) is 10.0. The lowest BCUT2D eigenvalue weighted by atomic mass is 10.1. The molecule has 1 fully saturated rings. The van der Waals surface area contributed by atoms with E-state index in [1.807, 2.05) is 26.0 Å². The third kappa shape index (κ3) is 4.10. The first kappa shape index (κ1) is 19.8. The number of nitrogens with one attached hydrogen (secondary N) is 1. The Labute approximate surface area is 175 Å². The van der Waals surface area contributed by atoms with Crippen LogP contribution < -0.4 is 5.32 Å². The topological polar surface area (TPSA) is 88.3 Å². The van der Waals surface area contributed by atoms with Crippen LogP contribution in [0.4, 0.5) is 5.69 Å². The van der Waals surface area contributed by atoms with Crippen LogP contribution >= 0.6 is 0 Å². The van der Waals surface area contributed by atoms with Crippen LogP contribution in [0.3, 0.4) is 0 Å². The summed E-state index contributed by atoms with van der Waals surface area (Å²) in [6.07, 6.45) is 1.46. The molecule has 0 aliphatic carbocycles. The lowest BCUT2D eigenvalue weighted by Gasteiger charge is -2.24. The summed E-state index contributed by atoms with van der Waals surface area (Å²) in [4.78, 5) is 31.8. The minimum atomic E-state index is -0.474. The minimum absolute atomic E-state index is 0.148. The molecule has 1 N–H and O–H groups in total. The van der Waals surface area contributed by atoms with Gasteiger partial charge in [-0.3, -0.25) is 9.59 Å². The summed E-state index contributed by atoms with van der Waals surface area (Å²) < 4.78 is 5.00. The number of aryl methyl sites for hydroxylation is 3. The Kier molecular flexibility index (Phi) is 5.35. The van der Waals surface area contributed by atoms with E-state index in [1.54, 1.807) is 36.1 Å². The van der Waals surface area contributed by atoms with Crippen LogP contribution in [-0.4, -0.2) is 39.4 Å². The molecule has 1 aliphatic heterocycles. The molecule has 7 heteroatoms. The molecule has 0 radical (unpaired) electrons. The van der Waals surface area contributed by atoms with Gasteiger partial charge in [-0.25, -0.2) is 0 Å². The number of anilines is 1. The van der Waals surface area contributed by atoms with Gasteiger partial charge in [-0.1, -0.05) is 23.4 Å². The van der Waals surface area contributed by atoms with Crippen LogP contribution in [-0.2, 0) is 4.79 Å². The first-order valence-electron chi connectivity index (χ1n) is 10.0. The molecule has 0 unspecified atom stereocenters. The molecular weight excluding hydrogens is 380 g/mol.